The molecule has 1 aromatic rings. The topological polar surface area (TPSA) is 39.2 Å². The Morgan fingerprint density at radius 3 is 2.65 bits per heavy atom. The number of rotatable bonds is 3. The van der Waals surface area contributed by atoms with E-state index in [9.17, 15) is 18.0 Å². The van der Waals surface area contributed by atoms with Crippen molar-refractivity contribution in [1.29, 1.82) is 0 Å². The van der Waals surface area contributed by atoms with Gasteiger partial charge in [0, 0.05) is 12.3 Å². The molecule has 0 unspecified atom stereocenters. The van der Waals surface area contributed by atoms with Crippen LogP contribution in [0.15, 0.2) is 24.4 Å². The normalized spacial score (nSPS) is 11.8. The van der Waals surface area contributed by atoms with E-state index < -0.39 is 17.8 Å². The van der Waals surface area contributed by atoms with E-state index in [0.717, 1.165) is 18.3 Å². The summed E-state index contributed by atoms with van der Waals surface area (Å²) in [5.74, 6) is -0.549. The monoisotopic (exact) mass is 245 g/mol. The molecule has 1 rings (SSSR count). The van der Waals surface area contributed by atoms with Crippen LogP contribution in [0.25, 0.3) is 6.08 Å². The van der Waals surface area contributed by atoms with Gasteiger partial charge in [0.2, 0.25) is 0 Å². The van der Waals surface area contributed by atoms with Crippen LogP contribution in [0, 0.1) is 0 Å². The van der Waals surface area contributed by atoms with Crippen molar-refractivity contribution in [3.05, 3.63) is 35.7 Å². The molecule has 0 atom stereocenters. The molecule has 0 saturated heterocycles. The zero-order valence-corrected chi connectivity index (χ0v) is 8.99. The largest absolute Gasteiger partial charge is 0.463 e. The predicted octanol–water partition coefficient (Wildman–Crippen LogP) is 2.68. The van der Waals surface area contributed by atoms with Gasteiger partial charge in [-0.15, -0.1) is 0 Å². The van der Waals surface area contributed by atoms with Crippen molar-refractivity contribution in [2.75, 3.05) is 6.61 Å². The number of hydrogen-bond donors (Lipinski definition) is 0. The molecule has 0 saturated carbocycles. The summed E-state index contributed by atoms with van der Waals surface area (Å²) in [6, 6.07) is 2.08. The van der Waals surface area contributed by atoms with Gasteiger partial charge in [0.25, 0.3) is 0 Å². The van der Waals surface area contributed by atoms with Gasteiger partial charge in [-0.25, -0.2) is 4.79 Å². The van der Waals surface area contributed by atoms with Crippen molar-refractivity contribution >= 4 is 12.0 Å². The molecule has 92 valence electrons. The third-order valence-electron chi connectivity index (χ3n) is 1.78. The molecular weight excluding hydrogens is 235 g/mol. The van der Waals surface area contributed by atoms with E-state index in [-0.39, 0.29) is 6.61 Å². The average molecular weight is 245 g/mol. The number of carbonyl (C=O) groups is 1. The lowest BCUT2D eigenvalue weighted by atomic mass is 10.2. The van der Waals surface area contributed by atoms with E-state index in [1.807, 2.05) is 0 Å². The molecule has 0 bridgehead atoms. The standard InChI is InChI=1S/C11H10F3NO2/c1-2-17-10(16)6-4-8-3-5-9(15-7-8)11(12,13)14/h3-7H,2H2,1H3/b6-4+. The maximum Gasteiger partial charge on any atom is 0.433 e. The maximum absolute atomic E-state index is 12.2. The van der Waals surface area contributed by atoms with Crippen LogP contribution < -0.4 is 0 Å². The first-order valence-electron chi connectivity index (χ1n) is 4.81. The van der Waals surface area contributed by atoms with E-state index in [1.54, 1.807) is 6.92 Å². The summed E-state index contributed by atoms with van der Waals surface area (Å²) >= 11 is 0. The highest BCUT2D eigenvalue weighted by molar-refractivity contribution is 5.86. The number of halogens is 3. The number of ether oxygens (including phenoxy) is 1. The summed E-state index contributed by atoms with van der Waals surface area (Å²) in [6.07, 6.45) is -0.944. The van der Waals surface area contributed by atoms with Gasteiger partial charge in [-0.2, -0.15) is 13.2 Å². The molecular formula is C11H10F3NO2. The first-order chi connectivity index (χ1) is 7.93. The van der Waals surface area contributed by atoms with Crippen LogP contribution in [-0.4, -0.2) is 17.6 Å². The van der Waals surface area contributed by atoms with Crippen molar-refractivity contribution in [3.8, 4) is 0 Å². The molecule has 0 aliphatic heterocycles. The Hall–Kier alpha value is -1.85. The number of hydrogen-bond acceptors (Lipinski definition) is 3. The zero-order chi connectivity index (χ0) is 12.9. The first kappa shape index (κ1) is 13.2. The minimum Gasteiger partial charge on any atom is -0.463 e. The number of pyridine rings is 1. The summed E-state index contributed by atoms with van der Waals surface area (Å²) in [5.41, 5.74) is -0.572. The summed E-state index contributed by atoms with van der Waals surface area (Å²) < 4.78 is 41.2. The number of nitrogens with zero attached hydrogens (tertiary/aromatic N) is 1. The minimum absolute atomic E-state index is 0.244. The summed E-state index contributed by atoms with van der Waals surface area (Å²) in [5, 5.41) is 0. The molecule has 0 spiro atoms. The molecule has 1 heterocycles. The Morgan fingerprint density at radius 2 is 2.18 bits per heavy atom. The highest BCUT2D eigenvalue weighted by Gasteiger charge is 2.31. The molecule has 0 N–H and O–H groups in total. The molecule has 0 aliphatic rings. The fourth-order valence-corrected chi connectivity index (χ4v) is 1.03. The van der Waals surface area contributed by atoms with E-state index in [1.165, 1.54) is 12.1 Å². The lowest BCUT2D eigenvalue weighted by molar-refractivity contribution is -0.141. The van der Waals surface area contributed by atoms with Gasteiger partial charge in [-0.1, -0.05) is 6.07 Å². The third-order valence-corrected chi connectivity index (χ3v) is 1.78. The van der Waals surface area contributed by atoms with Gasteiger partial charge < -0.3 is 4.74 Å². The van der Waals surface area contributed by atoms with Crippen LogP contribution in [0.4, 0.5) is 13.2 Å². The minimum atomic E-state index is -4.45. The smallest absolute Gasteiger partial charge is 0.433 e. The Kier molecular flexibility index (Phi) is 4.25. The van der Waals surface area contributed by atoms with E-state index in [4.69, 9.17) is 0 Å². The van der Waals surface area contributed by atoms with Gasteiger partial charge >= 0.3 is 12.1 Å². The molecule has 3 nitrogen and oxygen atoms in total. The molecule has 0 amide bonds. The van der Waals surface area contributed by atoms with Crippen LogP contribution in [-0.2, 0) is 15.7 Å². The molecule has 0 aliphatic carbocycles. The SMILES string of the molecule is CCOC(=O)/C=C/c1ccc(C(F)(F)F)nc1. The van der Waals surface area contributed by atoms with Gasteiger partial charge in [-0.05, 0) is 24.6 Å². The number of esters is 1. The highest BCUT2D eigenvalue weighted by Crippen LogP contribution is 2.27. The van der Waals surface area contributed by atoms with Crippen molar-refractivity contribution in [1.82, 2.24) is 4.98 Å². The summed E-state index contributed by atoms with van der Waals surface area (Å²) in [4.78, 5) is 14.2. The quantitative estimate of drug-likeness (QED) is 0.607. The van der Waals surface area contributed by atoms with Crippen molar-refractivity contribution in [2.24, 2.45) is 0 Å². The second-order valence-corrected chi connectivity index (χ2v) is 3.06. The van der Waals surface area contributed by atoms with Crippen molar-refractivity contribution < 1.29 is 22.7 Å². The highest BCUT2D eigenvalue weighted by atomic mass is 19.4. The molecule has 0 aromatic carbocycles. The van der Waals surface area contributed by atoms with Crippen LogP contribution in [0.1, 0.15) is 18.2 Å². The fourth-order valence-electron chi connectivity index (χ4n) is 1.03. The molecule has 0 fully saturated rings. The van der Waals surface area contributed by atoms with Crippen molar-refractivity contribution in [3.63, 3.8) is 0 Å². The van der Waals surface area contributed by atoms with Crippen molar-refractivity contribution in [2.45, 2.75) is 13.1 Å². The van der Waals surface area contributed by atoms with E-state index in [2.05, 4.69) is 9.72 Å². The second kappa shape index (κ2) is 5.47. The Labute approximate surface area is 95.9 Å². The van der Waals surface area contributed by atoms with Gasteiger partial charge in [0.05, 0.1) is 6.61 Å². The van der Waals surface area contributed by atoms with Crippen LogP contribution in [0.5, 0.6) is 0 Å². The molecule has 1 aromatic heterocycles. The Bertz CT molecular complexity index is 410. The van der Waals surface area contributed by atoms with Gasteiger partial charge in [-0.3, -0.25) is 4.98 Å². The first-order valence-corrected chi connectivity index (χ1v) is 4.81. The Morgan fingerprint density at radius 1 is 1.47 bits per heavy atom. The number of carbonyl (C=O) groups excluding carboxylic acids is 1. The number of aromatic nitrogens is 1. The van der Waals surface area contributed by atoms with Gasteiger partial charge in [0.15, 0.2) is 0 Å². The predicted molar refractivity (Wildman–Crippen MR) is 54.9 cm³/mol. The van der Waals surface area contributed by atoms with E-state index >= 15 is 0 Å². The fraction of sp³-hybridized carbons (Fsp3) is 0.273. The lowest BCUT2D eigenvalue weighted by Gasteiger charge is -2.04. The van der Waals surface area contributed by atoms with Crippen LogP contribution in [0.3, 0.4) is 0 Å². The zero-order valence-electron chi connectivity index (χ0n) is 8.99. The van der Waals surface area contributed by atoms with Crippen LogP contribution >= 0.6 is 0 Å². The van der Waals surface area contributed by atoms with E-state index in [0.29, 0.717) is 5.56 Å². The summed E-state index contributed by atoms with van der Waals surface area (Å²) in [6.45, 7) is 1.90. The maximum atomic E-state index is 12.2. The Balaban J connectivity index is 2.72. The number of alkyl halides is 3. The second-order valence-electron chi connectivity index (χ2n) is 3.06. The summed E-state index contributed by atoms with van der Waals surface area (Å²) in [7, 11) is 0. The molecule has 0 radical (unpaired) electrons. The molecule has 6 heteroatoms. The molecule has 17 heavy (non-hydrogen) atoms. The lowest BCUT2D eigenvalue weighted by Crippen LogP contribution is -2.07. The average Bonchev–Trinajstić information content (AvgIpc) is 2.26. The van der Waals surface area contributed by atoms with Gasteiger partial charge in [0.1, 0.15) is 5.69 Å². The van der Waals surface area contributed by atoms with Crippen LogP contribution in [0.2, 0.25) is 0 Å². The third kappa shape index (κ3) is 4.26.